The largest absolute Gasteiger partial charge is 0.465 e. The predicted molar refractivity (Wildman–Crippen MR) is 141 cm³/mol. The summed E-state index contributed by atoms with van der Waals surface area (Å²) in [6.07, 6.45) is -1.12. The lowest BCUT2D eigenvalue weighted by Gasteiger charge is -2.31. The van der Waals surface area contributed by atoms with Crippen molar-refractivity contribution in [3.63, 3.8) is 0 Å². The molecule has 0 aromatic heterocycles. The van der Waals surface area contributed by atoms with Gasteiger partial charge < -0.3 is 19.4 Å². The summed E-state index contributed by atoms with van der Waals surface area (Å²) in [4.78, 5) is 55.9. The molecule has 1 aliphatic heterocycles. The summed E-state index contributed by atoms with van der Waals surface area (Å²) in [5, 5.41) is 10.1. The van der Waals surface area contributed by atoms with Crippen molar-refractivity contribution in [1.82, 2.24) is 4.90 Å². The van der Waals surface area contributed by atoms with Crippen LogP contribution in [0.2, 0.25) is 0 Å². The number of esters is 2. The molecule has 10 heteroatoms. The van der Waals surface area contributed by atoms with Gasteiger partial charge >= 0.3 is 24.0 Å². The van der Waals surface area contributed by atoms with Gasteiger partial charge in [0.2, 0.25) is 0 Å². The first-order chi connectivity index (χ1) is 18.9. The van der Waals surface area contributed by atoms with Crippen molar-refractivity contribution in [2.75, 3.05) is 25.3 Å². The Morgan fingerprint density at radius 1 is 0.897 bits per heavy atom. The molecule has 0 bridgehead atoms. The summed E-state index contributed by atoms with van der Waals surface area (Å²) < 4.78 is 10.1. The maximum absolute atomic E-state index is 12.5. The second kappa shape index (κ2) is 12.7. The lowest BCUT2D eigenvalue weighted by Crippen LogP contribution is -2.40. The summed E-state index contributed by atoms with van der Waals surface area (Å²) in [6, 6.07) is 22.7. The number of likely N-dealkylation sites (tertiary alicyclic amines) is 1. The quantitative estimate of drug-likeness (QED) is 0.281. The molecule has 0 saturated carbocycles. The zero-order chi connectivity index (χ0) is 27.8. The van der Waals surface area contributed by atoms with E-state index in [0.29, 0.717) is 54.2 Å². The normalized spacial score (nSPS) is 13.8. The molecule has 39 heavy (non-hydrogen) atoms. The highest BCUT2D eigenvalue weighted by atomic mass is 16.7. The van der Waals surface area contributed by atoms with Gasteiger partial charge in [-0.1, -0.05) is 60.7 Å². The zero-order valence-corrected chi connectivity index (χ0v) is 21.3. The van der Waals surface area contributed by atoms with Crippen molar-refractivity contribution in [3.05, 3.63) is 90.0 Å². The number of methoxy groups -OCH3 is 1. The number of ether oxygens (including phenoxy) is 2. The van der Waals surface area contributed by atoms with Crippen molar-refractivity contribution in [2.45, 2.75) is 25.5 Å². The molecule has 1 fully saturated rings. The number of hydrogen-bond donors (Lipinski definition) is 1. The van der Waals surface area contributed by atoms with Gasteiger partial charge in [-0.15, -0.1) is 5.06 Å². The third-order valence-electron chi connectivity index (χ3n) is 6.28. The van der Waals surface area contributed by atoms with E-state index in [1.165, 1.54) is 13.2 Å². The molecule has 10 nitrogen and oxygen atoms in total. The van der Waals surface area contributed by atoms with E-state index >= 15 is 0 Å². The number of hydroxylamine groups is 1. The summed E-state index contributed by atoms with van der Waals surface area (Å²) in [7, 11) is 1.33. The highest BCUT2D eigenvalue weighted by Crippen LogP contribution is 2.31. The first-order valence-corrected chi connectivity index (χ1v) is 12.4. The number of carboxylic acid groups (broad SMARTS) is 1. The van der Waals surface area contributed by atoms with E-state index in [1.54, 1.807) is 60.7 Å². The number of para-hydroxylation sites is 1. The van der Waals surface area contributed by atoms with Crippen molar-refractivity contribution in [3.8, 4) is 11.1 Å². The number of carbonyl (C=O) groups is 4. The average Bonchev–Trinajstić information content (AvgIpc) is 2.96. The molecule has 0 spiro atoms. The number of rotatable bonds is 6. The Morgan fingerprint density at radius 2 is 1.59 bits per heavy atom. The van der Waals surface area contributed by atoms with Gasteiger partial charge in [0.25, 0.3) is 0 Å². The van der Waals surface area contributed by atoms with Crippen molar-refractivity contribution in [2.24, 2.45) is 0 Å². The van der Waals surface area contributed by atoms with Crippen LogP contribution in [0.25, 0.3) is 11.1 Å². The molecule has 0 unspecified atom stereocenters. The van der Waals surface area contributed by atoms with Gasteiger partial charge in [-0.05, 0) is 42.2 Å². The maximum Gasteiger partial charge on any atom is 0.445 e. The SMILES string of the molecule is COC(=O)c1cccc(CN2CCC(OC(=O)C(=O)ON(C(=O)O)c3ccccc3-c3ccccc3)CC2)c1. The summed E-state index contributed by atoms with van der Waals surface area (Å²) in [5.74, 6) is -3.09. The van der Waals surface area contributed by atoms with E-state index in [0.717, 1.165) is 5.56 Å². The number of carbonyl (C=O) groups excluding carboxylic acids is 3. The van der Waals surface area contributed by atoms with Crippen LogP contribution in [0.3, 0.4) is 0 Å². The van der Waals surface area contributed by atoms with Gasteiger partial charge in [0.15, 0.2) is 0 Å². The van der Waals surface area contributed by atoms with Gasteiger partial charge in [-0.3, -0.25) is 4.90 Å². The molecule has 3 aromatic rings. The number of benzene rings is 3. The van der Waals surface area contributed by atoms with Crippen LogP contribution in [0.1, 0.15) is 28.8 Å². The third-order valence-corrected chi connectivity index (χ3v) is 6.28. The van der Waals surface area contributed by atoms with E-state index in [1.807, 2.05) is 12.1 Å². The molecule has 202 valence electrons. The lowest BCUT2D eigenvalue weighted by atomic mass is 10.0. The zero-order valence-electron chi connectivity index (χ0n) is 21.3. The molecule has 0 radical (unpaired) electrons. The van der Waals surface area contributed by atoms with Crippen LogP contribution in [0.4, 0.5) is 10.5 Å². The molecule has 4 rings (SSSR count). The minimum atomic E-state index is -1.57. The smallest absolute Gasteiger partial charge is 0.445 e. The molecule has 1 heterocycles. The summed E-state index contributed by atoms with van der Waals surface area (Å²) in [5.41, 5.74) is 2.72. The summed E-state index contributed by atoms with van der Waals surface area (Å²) >= 11 is 0. The topological polar surface area (TPSA) is 123 Å². The van der Waals surface area contributed by atoms with Gasteiger partial charge in [0.05, 0.1) is 18.4 Å². The van der Waals surface area contributed by atoms with Gasteiger partial charge in [0.1, 0.15) is 6.10 Å². The number of nitrogens with zero attached hydrogens (tertiary/aromatic N) is 2. The highest BCUT2D eigenvalue weighted by Gasteiger charge is 2.31. The second-order valence-electron chi connectivity index (χ2n) is 8.91. The Hall–Kier alpha value is -4.70. The first kappa shape index (κ1) is 27.3. The Kier molecular flexibility index (Phi) is 8.90. The Labute approximate surface area is 225 Å². The van der Waals surface area contributed by atoms with Gasteiger partial charge in [-0.25, -0.2) is 19.2 Å². The number of hydrogen-bond acceptors (Lipinski definition) is 8. The maximum atomic E-state index is 12.5. The molecule has 1 saturated heterocycles. The van der Waals surface area contributed by atoms with E-state index in [4.69, 9.17) is 14.3 Å². The lowest BCUT2D eigenvalue weighted by molar-refractivity contribution is -0.172. The minimum Gasteiger partial charge on any atom is -0.465 e. The Balaban J connectivity index is 1.33. The Bertz CT molecular complexity index is 1340. The van der Waals surface area contributed by atoms with Crippen LogP contribution in [-0.2, 0) is 30.4 Å². The fraction of sp³-hybridized carbons (Fsp3) is 0.241. The van der Waals surface area contributed by atoms with Crippen LogP contribution in [0, 0.1) is 0 Å². The Morgan fingerprint density at radius 3 is 2.28 bits per heavy atom. The van der Waals surface area contributed by atoms with Crippen molar-refractivity contribution in [1.29, 1.82) is 0 Å². The highest BCUT2D eigenvalue weighted by molar-refractivity contribution is 6.30. The fourth-order valence-corrected chi connectivity index (χ4v) is 4.38. The molecule has 0 aliphatic carbocycles. The second-order valence-corrected chi connectivity index (χ2v) is 8.91. The molecular formula is C29H28N2O8. The summed E-state index contributed by atoms with van der Waals surface area (Å²) in [6.45, 7) is 1.80. The van der Waals surface area contributed by atoms with Crippen molar-refractivity contribution < 1.29 is 38.6 Å². The van der Waals surface area contributed by atoms with E-state index in [-0.39, 0.29) is 5.69 Å². The molecule has 0 atom stereocenters. The van der Waals surface area contributed by atoms with Crippen LogP contribution in [0.5, 0.6) is 0 Å². The van der Waals surface area contributed by atoms with Crippen LogP contribution in [0.15, 0.2) is 78.9 Å². The molecule has 1 amide bonds. The number of amides is 1. The minimum absolute atomic E-state index is 0.0851. The van der Waals surface area contributed by atoms with Crippen molar-refractivity contribution >= 4 is 29.7 Å². The molecule has 1 aliphatic rings. The first-order valence-electron chi connectivity index (χ1n) is 12.4. The third kappa shape index (κ3) is 6.99. The monoisotopic (exact) mass is 532 g/mol. The van der Waals surface area contributed by atoms with E-state index in [2.05, 4.69) is 4.90 Å². The predicted octanol–water partition coefficient (Wildman–Crippen LogP) is 4.29. The van der Waals surface area contributed by atoms with E-state index < -0.39 is 30.1 Å². The van der Waals surface area contributed by atoms with Gasteiger partial charge in [0, 0.05) is 25.2 Å². The molecule has 3 aromatic carbocycles. The van der Waals surface area contributed by atoms with Crippen LogP contribution in [-0.4, -0.2) is 60.3 Å². The average molecular weight is 533 g/mol. The fourth-order valence-electron chi connectivity index (χ4n) is 4.38. The van der Waals surface area contributed by atoms with Crippen LogP contribution >= 0.6 is 0 Å². The van der Waals surface area contributed by atoms with E-state index in [9.17, 15) is 24.3 Å². The molecular weight excluding hydrogens is 504 g/mol. The number of anilines is 1. The van der Waals surface area contributed by atoms with Crippen LogP contribution < -0.4 is 5.06 Å². The number of piperidine rings is 1. The standard InChI is InChI=1S/C29H28N2O8/c1-37-26(32)22-11-7-8-20(18-22)19-30-16-14-23(15-17-30)38-27(33)28(34)39-31(29(35)36)25-13-6-5-12-24(25)21-9-3-2-4-10-21/h2-13,18,23H,14-17,19H2,1H3,(H,35,36). The van der Waals surface area contributed by atoms with Gasteiger partial charge in [-0.2, -0.15) is 0 Å². The molecule has 1 N–H and O–H groups in total.